The molecule has 0 amide bonds. The number of hydrogen-bond acceptors (Lipinski definition) is 3. The first-order valence-corrected chi connectivity index (χ1v) is 5.93. The second-order valence-corrected chi connectivity index (χ2v) is 4.57. The van der Waals surface area contributed by atoms with Crippen LogP contribution in [-0.2, 0) is 5.60 Å². The van der Waals surface area contributed by atoms with E-state index in [-0.39, 0.29) is 6.04 Å². The van der Waals surface area contributed by atoms with Gasteiger partial charge in [0.2, 0.25) is 0 Å². The molecule has 2 atom stereocenters. The molecular weight excluding hydrogens is 214 g/mol. The molecule has 1 aromatic carbocycles. The Morgan fingerprint density at radius 1 is 1.29 bits per heavy atom. The van der Waals surface area contributed by atoms with Crippen molar-refractivity contribution >= 4 is 0 Å². The van der Waals surface area contributed by atoms with Crippen LogP contribution < -0.4 is 0 Å². The monoisotopic (exact) mass is 229 g/mol. The van der Waals surface area contributed by atoms with Gasteiger partial charge in [0, 0.05) is 0 Å². The molecule has 1 heterocycles. The molecular formula is C13H15N3O. The van der Waals surface area contributed by atoms with Gasteiger partial charge in [0.25, 0.3) is 0 Å². The van der Waals surface area contributed by atoms with Gasteiger partial charge >= 0.3 is 0 Å². The van der Waals surface area contributed by atoms with Gasteiger partial charge in [-0.05, 0) is 24.8 Å². The third-order valence-corrected chi connectivity index (χ3v) is 3.62. The molecule has 1 aromatic heterocycles. The zero-order valence-electron chi connectivity index (χ0n) is 9.53. The van der Waals surface area contributed by atoms with Crippen LogP contribution in [0.1, 0.15) is 30.9 Å². The first-order valence-electron chi connectivity index (χ1n) is 5.93. The third-order valence-electron chi connectivity index (χ3n) is 3.62. The SMILES string of the molecule is OC1(c2ccccc2)CCCC1n1cncn1. The Labute approximate surface area is 99.9 Å². The molecule has 0 bridgehead atoms. The average Bonchev–Trinajstić information content (AvgIpc) is 2.99. The Morgan fingerprint density at radius 2 is 2.12 bits per heavy atom. The lowest BCUT2D eigenvalue weighted by Gasteiger charge is -2.30. The number of aromatic nitrogens is 3. The summed E-state index contributed by atoms with van der Waals surface area (Å²) in [4.78, 5) is 3.97. The number of aliphatic hydroxyl groups is 1. The molecule has 17 heavy (non-hydrogen) atoms. The van der Waals surface area contributed by atoms with Gasteiger partial charge < -0.3 is 5.11 Å². The maximum Gasteiger partial charge on any atom is 0.137 e. The van der Waals surface area contributed by atoms with E-state index in [1.807, 2.05) is 30.3 Å². The summed E-state index contributed by atoms with van der Waals surface area (Å²) in [6, 6.07) is 9.84. The van der Waals surface area contributed by atoms with Crippen LogP contribution in [0.25, 0.3) is 0 Å². The van der Waals surface area contributed by atoms with Crippen LogP contribution in [-0.4, -0.2) is 19.9 Å². The lowest BCUT2D eigenvalue weighted by molar-refractivity contribution is -0.00120. The van der Waals surface area contributed by atoms with Gasteiger partial charge in [0.1, 0.15) is 18.3 Å². The van der Waals surface area contributed by atoms with Gasteiger partial charge in [-0.3, -0.25) is 0 Å². The Morgan fingerprint density at radius 3 is 2.82 bits per heavy atom. The minimum atomic E-state index is -0.811. The van der Waals surface area contributed by atoms with E-state index in [1.165, 1.54) is 6.33 Å². The van der Waals surface area contributed by atoms with Crippen molar-refractivity contribution in [3.05, 3.63) is 48.5 Å². The van der Waals surface area contributed by atoms with E-state index < -0.39 is 5.60 Å². The van der Waals surface area contributed by atoms with Gasteiger partial charge in [-0.2, -0.15) is 5.10 Å². The molecule has 1 saturated carbocycles. The third kappa shape index (κ3) is 1.65. The quantitative estimate of drug-likeness (QED) is 0.855. The molecule has 2 unspecified atom stereocenters. The first-order chi connectivity index (χ1) is 8.31. The molecule has 2 aromatic rings. The summed E-state index contributed by atoms with van der Waals surface area (Å²) >= 11 is 0. The van der Waals surface area contributed by atoms with E-state index in [0.29, 0.717) is 0 Å². The predicted molar refractivity (Wildman–Crippen MR) is 63.2 cm³/mol. The summed E-state index contributed by atoms with van der Waals surface area (Å²) in [6.07, 6.45) is 5.93. The molecule has 88 valence electrons. The average molecular weight is 229 g/mol. The highest BCUT2D eigenvalue weighted by Gasteiger charge is 2.44. The van der Waals surface area contributed by atoms with Crippen molar-refractivity contribution in [1.29, 1.82) is 0 Å². The lowest BCUT2D eigenvalue weighted by atomic mass is 9.89. The van der Waals surface area contributed by atoms with Crippen molar-refractivity contribution in [3.63, 3.8) is 0 Å². The van der Waals surface area contributed by atoms with E-state index in [1.54, 1.807) is 11.0 Å². The largest absolute Gasteiger partial charge is 0.383 e. The zero-order chi connectivity index (χ0) is 11.7. The molecule has 0 saturated heterocycles. The number of hydrogen-bond donors (Lipinski definition) is 1. The molecule has 4 heteroatoms. The molecule has 1 N–H and O–H groups in total. The molecule has 1 aliphatic carbocycles. The number of benzene rings is 1. The molecule has 0 spiro atoms. The molecule has 4 nitrogen and oxygen atoms in total. The van der Waals surface area contributed by atoms with Gasteiger partial charge in [0.05, 0.1) is 6.04 Å². The van der Waals surface area contributed by atoms with E-state index in [0.717, 1.165) is 24.8 Å². The van der Waals surface area contributed by atoms with Crippen LogP contribution in [0.4, 0.5) is 0 Å². The molecule has 0 radical (unpaired) electrons. The second kappa shape index (κ2) is 3.96. The van der Waals surface area contributed by atoms with Crippen molar-refractivity contribution in [2.75, 3.05) is 0 Å². The maximum atomic E-state index is 10.9. The summed E-state index contributed by atoms with van der Waals surface area (Å²) in [6.45, 7) is 0. The van der Waals surface area contributed by atoms with E-state index in [9.17, 15) is 5.11 Å². The summed E-state index contributed by atoms with van der Waals surface area (Å²) < 4.78 is 1.78. The zero-order valence-corrected chi connectivity index (χ0v) is 9.53. The Balaban J connectivity index is 2.01. The van der Waals surface area contributed by atoms with Gasteiger partial charge in [-0.25, -0.2) is 9.67 Å². The van der Waals surface area contributed by atoms with Gasteiger partial charge in [-0.1, -0.05) is 30.3 Å². The van der Waals surface area contributed by atoms with Crippen LogP contribution in [0.3, 0.4) is 0 Å². The van der Waals surface area contributed by atoms with Crippen LogP contribution in [0.5, 0.6) is 0 Å². The minimum absolute atomic E-state index is 0.00704. The normalized spacial score (nSPS) is 28.4. The molecule has 3 rings (SSSR count). The number of rotatable bonds is 2. The highest BCUT2D eigenvalue weighted by molar-refractivity contribution is 5.25. The van der Waals surface area contributed by atoms with Crippen molar-refractivity contribution in [1.82, 2.24) is 14.8 Å². The van der Waals surface area contributed by atoms with Crippen LogP contribution in [0.15, 0.2) is 43.0 Å². The van der Waals surface area contributed by atoms with Crippen molar-refractivity contribution < 1.29 is 5.11 Å². The van der Waals surface area contributed by atoms with Gasteiger partial charge in [-0.15, -0.1) is 0 Å². The predicted octanol–water partition coefficient (Wildman–Crippen LogP) is 1.89. The summed E-state index contributed by atoms with van der Waals surface area (Å²) in [5.74, 6) is 0. The highest BCUT2D eigenvalue weighted by Crippen LogP contribution is 2.45. The number of nitrogens with zero attached hydrogens (tertiary/aromatic N) is 3. The Bertz CT molecular complexity index is 483. The fourth-order valence-electron chi connectivity index (χ4n) is 2.76. The van der Waals surface area contributed by atoms with Crippen molar-refractivity contribution in [3.8, 4) is 0 Å². The van der Waals surface area contributed by atoms with E-state index >= 15 is 0 Å². The summed E-state index contributed by atoms with van der Waals surface area (Å²) in [7, 11) is 0. The fourth-order valence-corrected chi connectivity index (χ4v) is 2.76. The standard InChI is InChI=1S/C13H15N3O/c17-13(11-5-2-1-3-6-11)8-4-7-12(13)16-10-14-9-15-16/h1-3,5-6,9-10,12,17H,4,7-8H2. The van der Waals surface area contributed by atoms with Crippen LogP contribution >= 0.6 is 0 Å². The smallest absolute Gasteiger partial charge is 0.137 e. The Hall–Kier alpha value is -1.68. The fraction of sp³-hybridized carbons (Fsp3) is 0.385. The lowest BCUT2D eigenvalue weighted by Crippen LogP contribution is -2.32. The Kier molecular flexibility index (Phi) is 2.44. The maximum absolute atomic E-state index is 10.9. The van der Waals surface area contributed by atoms with Crippen LogP contribution in [0, 0.1) is 0 Å². The van der Waals surface area contributed by atoms with E-state index in [4.69, 9.17) is 0 Å². The molecule has 0 aliphatic heterocycles. The topological polar surface area (TPSA) is 50.9 Å². The minimum Gasteiger partial charge on any atom is -0.383 e. The van der Waals surface area contributed by atoms with Gasteiger partial charge in [0.15, 0.2) is 0 Å². The highest BCUT2D eigenvalue weighted by atomic mass is 16.3. The molecule has 1 fully saturated rings. The summed E-state index contributed by atoms with van der Waals surface area (Å²) in [5, 5.41) is 15.1. The second-order valence-electron chi connectivity index (χ2n) is 4.57. The van der Waals surface area contributed by atoms with E-state index in [2.05, 4.69) is 10.1 Å². The van der Waals surface area contributed by atoms with Crippen molar-refractivity contribution in [2.45, 2.75) is 30.9 Å². The first kappa shape index (κ1) is 10.5. The molecule has 1 aliphatic rings. The van der Waals surface area contributed by atoms with Crippen molar-refractivity contribution in [2.24, 2.45) is 0 Å². The van der Waals surface area contributed by atoms with Crippen LogP contribution in [0.2, 0.25) is 0 Å². The summed E-state index contributed by atoms with van der Waals surface area (Å²) in [5.41, 5.74) is 0.160.